The molecule has 2 nitrogen and oxygen atoms in total. The minimum absolute atomic E-state index is 0.125. The average molecular weight is 236 g/mol. The molecule has 0 amide bonds. The second-order valence-corrected chi connectivity index (χ2v) is 6.06. The molecular formula is C13H16O2S. The molecule has 1 aromatic carbocycles. The Morgan fingerprint density at radius 3 is 2.69 bits per heavy atom. The highest BCUT2D eigenvalue weighted by atomic mass is 32.2. The van der Waals surface area contributed by atoms with Gasteiger partial charge in [-0.05, 0) is 23.6 Å². The number of sulfone groups is 1. The van der Waals surface area contributed by atoms with Crippen molar-refractivity contribution in [1.29, 1.82) is 0 Å². The normalized spacial score (nSPS) is 13.1. The van der Waals surface area contributed by atoms with Crippen LogP contribution in [0.5, 0.6) is 0 Å². The molecule has 0 fully saturated rings. The van der Waals surface area contributed by atoms with Crippen LogP contribution in [0.25, 0.3) is 0 Å². The van der Waals surface area contributed by atoms with E-state index in [2.05, 4.69) is 5.92 Å². The lowest BCUT2D eigenvalue weighted by atomic mass is 9.98. The van der Waals surface area contributed by atoms with E-state index in [0.717, 1.165) is 5.56 Å². The zero-order chi connectivity index (χ0) is 12.2. The maximum absolute atomic E-state index is 11.7. The van der Waals surface area contributed by atoms with Crippen molar-refractivity contribution < 1.29 is 8.42 Å². The van der Waals surface area contributed by atoms with Crippen molar-refractivity contribution in [1.82, 2.24) is 0 Å². The Bertz CT molecular complexity index is 495. The number of hydrogen-bond donors (Lipinski definition) is 0. The van der Waals surface area contributed by atoms with E-state index in [1.807, 2.05) is 13.0 Å². The summed E-state index contributed by atoms with van der Waals surface area (Å²) in [5, 5.41) is 0. The van der Waals surface area contributed by atoms with Crippen LogP contribution in [0, 0.1) is 12.3 Å². The average Bonchev–Trinajstić information content (AvgIpc) is 2.29. The fourth-order valence-electron chi connectivity index (χ4n) is 1.48. The first-order valence-corrected chi connectivity index (χ1v) is 6.92. The summed E-state index contributed by atoms with van der Waals surface area (Å²) in [6, 6.07) is 7.04. The van der Waals surface area contributed by atoms with Gasteiger partial charge >= 0.3 is 0 Å². The first-order chi connectivity index (χ1) is 7.51. The van der Waals surface area contributed by atoms with Crippen molar-refractivity contribution in [3.8, 4) is 12.3 Å². The van der Waals surface area contributed by atoms with E-state index in [4.69, 9.17) is 6.42 Å². The summed E-state index contributed by atoms with van der Waals surface area (Å²) in [4.78, 5) is 0.386. The van der Waals surface area contributed by atoms with Crippen molar-refractivity contribution in [2.24, 2.45) is 0 Å². The largest absolute Gasteiger partial charge is 0.224 e. The molecule has 0 saturated carbocycles. The van der Waals surface area contributed by atoms with Crippen molar-refractivity contribution in [3.05, 3.63) is 29.8 Å². The van der Waals surface area contributed by atoms with Gasteiger partial charge in [0.1, 0.15) is 0 Å². The zero-order valence-corrected chi connectivity index (χ0v) is 10.4. The molecule has 0 radical (unpaired) electrons. The molecule has 0 aromatic heterocycles. The smallest absolute Gasteiger partial charge is 0.178 e. The number of hydrogen-bond acceptors (Lipinski definition) is 2. The third kappa shape index (κ3) is 2.86. The van der Waals surface area contributed by atoms with Gasteiger partial charge in [-0.2, -0.15) is 0 Å². The third-order valence-electron chi connectivity index (χ3n) is 2.59. The summed E-state index contributed by atoms with van der Waals surface area (Å²) in [5.74, 6) is 2.91. The molecule has 1 atom stereocenters. The Morgan fingerprint density at radius 1 is 1.44 bits per heavy atom. The molecule has 0 heterocycles. The maximum atomic E-state index is 11.7. The predicted molar refractivity (Wildman–Crippen MR) is 66.0 cm³/mol. The Hall–Kier alpha value is -1.27. The van der Waals surface area contributed by atoms with Gasteiger partial charge in [0, 0.05) is 6.42 Å². The van der Waals surface area contributed by atoms with Gasteiger partial charge in [0.2, 0.25) is 0 Å². The third-order valence-corrected chi connectivity index (χ3v) is 4.32. The van der Waals surface area contributed by atoms with Crippen LogP contribution in [-0.4, -0.2) is 14.2 Å². The number of benzene rings is 1. The van der Waals surface area contributed by atoms with Gasteiger partial charge < -0.3 is 0 Å². The SMILES string of the molecule is C#CCC(C)c1cccc(S(=O)(=O)CC)c1. The van der Waals surface area contributed by atoms with Gasteiger partial charge in [0.15, 0.2) is 9.84 Å². The Morgan fingerprint density at radius 2 is 2.12 bits per heavy atom. The molecule has 0 bridgehead atoms. The summed E-state index contributed by atoms with van der Waals surface area (Å²) in [6.07, 6.45) is 5.87. The molecule has 3 heteroatoms. The molecule has 0 saturated heterocycles. The standard InChI is InChI=1S/C13H16O2S/c1-4-7-11(3)12-8-6-9-13(10-12)16(14,15)5-2/h1,6,8-11H,5,7H2,2-3H3. The topological polar surface area (TPSA) is 34.1 Å². The van der Waals surface area contributed by atoms with E-state index in [0.29, 0.717) is 11.3 Å². The Kier molecular flexibility index (Phi) is 4.14. The minimum Gasteiger partial charge on any atom is -0.224 e. The van der Waals surface area contributed by atoms with E-state index >= 15 is 0 Å². The molecule has 86 valence electrons. The molecule has 1 rings (SSSR count). The van der Waals surface area contributed by atoms with E-state index in [9.17, 15) is 8.42 Å². The summed E-state index contributed by atoms with van der Waals surface area (Å²) < 4.78 is 23.4. The van der Waals surface area contributed by atoms with Crippen LogP contribution in [0.2, 0.25) is 0 Å². The lowest BCUT2D eigenvalue weighted by molar-refractivity contribution is 0.597. The van der Waals surface area contributed by atoms with E-state index < -0.39 is 9.84 Å². The van der Waals surface area contributed by atoms with Gasteiger partial charge in [0.05, 0.1) is 10.6 Å². The molecule has 0 N–H and O–H groups in total. The van der Waals surface area contributed by atoms with Gasteiger partial charge in [-0.3, -0.25) is 0 Å². The van der Waals surface area contributed by atoms with Gasteiger partial charge in [0.25, 0.3) is 0 Å². The van der Waals surface area contributed by atoms with Crippen molar-refractivity contribution in [2.75, 3.05) is 5.75 Å². The highest BCUT2D eigenvalue weighted by molar-refractivity contribution is 7.91. The number of terminal acetylenes is 1. The van der Waals surface area contributed by atoms with Crippen LogP contribution >= 0.6 is 0 Å². The van der Waals surface area contributed by atoms with Crippen LogP contribution in [0.3, 0.4) is 0 Å². The molecular weight excluding hydrogens is 220 g/mol. The van der Waals surface area contributed by atoms with Gasteiger partial charge in [-0.15, -0.1) is 12.3 Å². The lowest BCUT2D eigenvalue weighted by Crippen LogP contribution is -2.04. The maximum Gasteiger partial charge on any atom is 0.178 e. The summed E-state index contributed by atoms with van der Waals surface area (Å²) in [5.41, 5.74) is 0.979. The summed E-state index contributed by atoms with van der Waals surface area (Å²) in [6.45, 7) is 3.64. The fraction of sp³-hybridized carbons (Fsp3) is 0.385. The van der Waals surface area contributed by atoms with Crippen LogP contribution < -0.4 is 0 Å². The first kappa shape index (κ1) is 12.8. The van der Waals surface area contributed by atoms with Gasteiger partial charge in [-0.25, -0.2) is 8.42 Å². The second kappa shape index (κ2) is 5.18. The highest BCUT2D eigenvalue weighted by Crippen LogP contribution is 2.22. The Labute approximate surface area is 97.6 Å². The fourth-order valence-corrected chi connectivity index (χ4v) is 2.41. The van der Waals surface area contributed by atoms with Crippen molar-refractivity contribution in [2.45, 2.75) is 31.1 Å². The monoisotopic (exact) mass is 236 g/mol. The van der Waals surface area contributed by atoms with Crippen LogP contribution in [0.15, 0.2) is 29.2 Å². The molecule has 0 spiro atoms. The molecule has 0 aliphatic heterocycles. The minimum atomic E-state index is -3.12. The highest BCUT2D eigenvalue weighted by Gasteiger charge is 2.13. The van der Waals surface area contributed by atoms with E-state index in [1.165, 1.54) is 0 Å². The van der Waals surface area contributed by atoms with E-state index in [1.54, 1.807) is 25.1 Å². The lowest BCUT2D eigenvalue weighted by Gasteiger charge is -2.10. The first-order valence-electron chi connectivity index (χ1n) is 5.27. The molecule has 1 aromatic rings. The predicted octanol–water partition coefficient (Wildman–Crippen LogP) is 2.61. The van der Waals surface area contributed by atoms with Crippen molar-refractivity contribution in [3.63, 3.8) is 0 Å². The molecule has 0 aliphatic rings. The van der Waals surface area contributed by atoms with Crippen LogP contribution in [0.4, 0.5) is 0 Å². The summed E-state index contributed by atoms with van der Waals surface area (Å²) >= 11 is 0. The summed E-state index contributed by atoms with van der Waals surface area (Å²) in [7, 11) is -3.12. The quantitative estimate of drug-likeness (QED) is 0.753. The van der Waals surface area contributed by atoms with Crippen LogP contribution in [-0.2, 0) is 9.84 Å². The Balaban J connectivity index is 3.10. The second-order valence-electron chi connectivity index (χ2n) is 3.79. The number of rotatable bonds is 4. The molecule has 16 heavy (non-hydrogen) atoms. The molecule has 0 aliphatic carbocycles. The van der Waals surface area contributed by atoms with Crippen molar-refractivity contribution >= 4 is 9.84 Å². The zero-order valence-electron chi connectivity index (χ0n) is 9.60. The van der Waals surface area contributed by atoms with Crippen LogP contribution in [0.1, 0.15) is 31.7 Å². The molecule has 1 unspecified atom stereocenters. The van der Waals surface area contributed by atoms with Gasteiger partial charge in [-0.1, -0.05) is 26.0 Å². The van der Waals surface area contributed by atoms with E-state index in [-0.39, 0.29) is 11.7 Å².